The summed E-state index contributed by atoms with van der Waals surface area (Å²) in [7, 11) is 5.31. The van der Waals surface area contributed by atoms with Crippen molar-refractivity contribution in [2.24, 2.45) is 12.0 Å². The molecule has 1 aromatic carbocycles. The molecular weight excluding hydrogens is 505 g/mol. The van der Waals surface area contributed by atoms with Crippen molar-refractivity contribution in [3.63, 3.8) is 0 Å². The zero-order valence-corrected chi connectivity index (χ0v) is 22.2. The normalized spacial score (nSPS) is 12.2. The van der Waals surface area contributed by atoms with Crippen LogP contribution in [0.4, 0.5) is 0 Å². The smallest absolute Gasteiger partial charge is 0.191 e. The average Bonchev–Trinajstić information content (AvgIpc) is 2.96. The molecule has 1 atom stereocenters. The maximum Gasteiger partial charge on any atom is 0.191 e. The summed E-state index contributed by atoms with van der Waals surface area (Å²) >= 11 is 0. The lowest BCUT2D eigenvalue weighted by atomic mass is 10.1. The number of methoxy groups -OCH3 is 2. The summed E-state index contributed by atoms with van der Waals surface area (Å²) < 4.78 is 12.6. The van der Waals surface area contributed by atoms with E-state index in [1.807, 2.05) is 23.9 Å². The standard InChI is InChI=1S/C23H37N5O2.HI/c1-8-24-23(26-16(2)14-20-17(3)27-28(5)18(20)4)25-13-9-10-19-11-12-21(29-6)22(15-19)30-7;/h11-12,15-16H,8-10,13-14H2,1-7H3,(H2,24,25,26);1H. The van der Waals surface area contributed by atoms with Crippen LogP contribution in [0.25, 0.3) is 0 Å². The molecule has 0 aliphatic rings. The number of nitrogens with zero attached hydrogens (tertiary/aromatic N) is 3. The van der Waals surface area contributed by atoms with Gasteiger partial charge in [-0.05, 0) is 70.2 Å². The molecule has 0 aliphatic carbocycles. The Morgan fingerprint density at radius 3 is 2.48 bits per heavy atom. The summed E-state index contributed by atoms with van der Waals surface area (Å²) in [6.07, 6.45) is 2.82. The van der Waals surface area contributed by atoms with Crippen molar-refractivity contribution < 1.29 is 9.47 Å². The predicted octanol–water partition coefficient (Wildman–Crippen LogP) is 3.79. The van der Waals surface area contributed by atoms with E-state index >= 15 is 0 Å². The Bertz CT molecular complexity index is 851. The number of ether oxygens (including phenoxy) is 2. The summed E-state index contributed by atoms with van der Waals surface area (Å²) in [6.45, 7) is 10.0. The van der Waals surface area contributed by atoms with Crippen LogP contribution in [0.5, 0.6) is 11.5 Å². The van der Waals surface area contributed by atoms with Crippen LogP contribution < -0.4 is 20.1 Å². The molecule has 2 aromatic rings. The first-order valence-corrected chi connectivity index (χ1v) is 10.6. The number of nitrogens with one attached hydrogen (secondary N) is 2. The van der Waals surface area contributed by atoms with Gasteiger partial charge in [0, 0.05) is 31.9 Å². The molecule has 2 rings (SSSR count). The van der Waals surface area contributed by atoms with Gasteiger partial charge in [0.05, 0.1) is 19.9 Å². The van der Waals surface area contributed by atoms with Gasteiger partial charge in [0.25, 0.3) is 0 Å². The molecule has 0 fully saturated rings. The van der Waals surface area contributed by atoms with Gasteiger partial charge >= 0.3 is 0 Å². The molecule has 0 radical (unpaired) electrons. The summed E-state index contributed by atoms with van der Waals surface area (Å²) in [5.74, 6) is 2.38. The van der Waals surface area contributed by atoms with Gasteiger partial charge in [0.1, 0.15) is 0 Å². The largest absolute Gasteiger partial charge is 0.493 e. The molecule has 2 N–H and O–H groups in total. The van der Waals surface area contributed by atoms with Crippen molar-refractivity contribution in [1.82, 2.24) is 20.4 Å². The van der Waals surface area contributed by atoms with E-state index in [0.29, 0.717) is 0 Å². The topological polar surface area (TPSA) is 72.7 Å². The molecule has 7 nitrogen and oxygen atoms in total. The fourth-order valence-electron chi connectivity index (χ4n) is 3.53. The first kappa shape index (κ1) is 27.1. The minimum Gasteiger partial charge on any atom is -0.493 e. The molecule has 31 heavy (non-hydrogen) atoms. The number of aryl methyl sites for hydroxylation is 3. The fraction of sp³-hybridized carbons (Fsp3) is 0.565. The Hall–Kier alpha value is -1.97. The number of benzene rings is 1. The highest BCUT2D eigenvalue weighted by Gasteiger charge is 2.14. The molecule has 0 bridgehead atoms. The lowest BCUT2D eigenvalue weighted by Gasteiger charge is -2.18. The molecule has 1 aromatic heterocycles. The van der Waals surface area contributed by atoms with Crippen molar-refractivity contribution in [1.29, 1.82) is 0 Å². The molecule has 0 aliphatic heterocycles. The Labute approximate surface area is 204 Å². The second kappa shape index (κ2) is 13.4. The molecular formula is C23H38IN5O2. The third-order valence-electron chi connectivity index (χ3n) is 5.24. The fourth-order valence-corrected chi connectivity index (χ4v) is 3.53. The highest BCUT2D eigenvalue weighted by molar-refractivity contribution is 14.0. The molecule has 0 spiro atoms. The van der Waals surface area contributed by atoms with Gasteiger partial charge < -0.3 is 20.1 Å². The first-order chi connectivity index (χ1) is 14.4. The Kier molecular flexibility index (Phi) is 11.7. The molecule has 0 amide bonds. The molecule has 174 valence electrons. The number of aliphatic imine (C=N–C) groups is 1. The number of aromatic nitrogens is 2. The van der Waals surface area contributed by atoms with E-state index in [2.05, 4.69) is 49.5 Å². The third kappa shape index (κ3) is 7.90. The lowest BCUT2D eigenvalue weighted by Crippen LogP contribution is -2.43. The van der Waals surface area contributed by atoms with Crippen LogP contribution in [0.3, 0.4) is 0 Å². The lowest BCUT2D eigenvalue weighted by molar-refractivity contribution is 0.354. The SMILES string of the molecule is CCNC(=NCCCc1ccc(OC)c(OC)c1)NC(C)Cc1c(C)nn(C)c1C.I. The number of guanidine groups is 1. The van der Waals surface area contributed by atoms with Crippen LogP contribution in [0.1, 0.15) is 42.8 Å². The zero-order chi connectivity index (χ0) is 22.1. The molecule has 1 unspecified atom stereocenters. The van der Waals surface area contributed by atoms with Crippen molar-refractivity contribution >= 4 is 29.9 Å². The zero-order valence-electron chi connectivity index (χ0n) is 19.9. The van der Waals surface area contributed by atoms with Crippen LogP contribution in [0.15, 0.2) is 23.2 Å². The Morgan fingerprint density at radius 2 is 1.90 bits per heavy atom. The molecule has 0 saturated carbocycles. The van der Waals surface area contributed by atoms with Gasteiger partial charge in [-0.25, -0.2) is 0 Å². The van der Waals surface area contributed by atoms with E-state index in [1.165, 1.54) is 16.8 Å². The predicted molar refractivity (Wildman–Crippen MR) is 138 cm³/mol. The van der Waals surface area contributed by atoms with Gasteiger partial charge in [-0.3, -0.25) is 9.67 Å². The number of hydrogen-bond acceptors (Lipinski definition) is 4. The maximum absolute atomic E-state index is 5.39. The minimum atomic E-state index is 0. The quantitative estimate of drug-likeness (QED) is 0.207. The van der Waals surface area contributed by atoms with Gasteiger partial charge in [0.2, 0.25) is 0 Å². The maximum atomic E-state index is 5.39. The number of hydrogen-bond donors (Lipinski definition) is 2. The summed E-state index contributed by atoms with van der Waals surface area (Å²) in [4.78, 5) is 4.75. The summed E-state index contributed by atoms with van der Waals surface area (Å²) in [5.41, 5.74) is 4.84. The van der Waals surface area contributed by atoms with Crippen LogP contribution in [-0.4, -0.2) is 49.1 Å². The third-order valence-corrected chi connectivity index (χ3v) is 5.24. The monoisotopic (exact) mass is 543 g/mol. The highest BCUT2D eigenvalue weighted by atomic mass is 127. The molecule has 1 heterocycles. The van der Waals surface area contributed by atoms with E-state index in [0.717, 1.165) is 55.5 Å². The van der Waals surface area contributed by atoms with E-state index in [1.54, 1.807) is 14.2 Å². The van der Waals surface area contributed by atoms with Crippen molar-refractivity contribution in [3.05, 3.63) is 40.7 Å². The van der Waals surface area contributed by atoms with Crippen molar-refractivity contribution in [2.45, 2.75) is 53.0 Å². The number of halogens is 1. The van der Waals surface area contributed by atoms with Crippen LogP contribution >= 0.6 is 24.0 Å². The van der Waals surface area contributed by atoms with Crippen molar-refractivity contribution in [2.75, 3.05) is 27.3 Å². The van der Waals surface area contributed by atoms with Crippen LogP contribution in [-0.2, 0) is 19.9 Å². The first-order valence-electron chi connectivity index (χ1n) is 10.6. The Morgan fingerprint density at radius 1 is 1.19 bits per heavy atom. The van der Waals surface area contributed by atoms with Gasteiger partial charge in [-0.2, -0.15) is 5.10 Å². The van der Waals surface area contributed by atoms with Crippen LogP contribution in [0, 0.1) is 13.8 Å². The number of rotatable bonds is 10. The van der Waals surface area contributed by atoms with Crippen LogP contribution in [0.2, 0.25) is 0 Å². The van der Waals surface area contributed by atoms with E-state index < -0.39 is 0 Å². The summed E-state index contributed by atoms with van der Waals surface area (Å²) in [6, 6.07) is 6.32. The second-order valence-electron chi connectivity index (χ2n) is 7.58. The highest BCUT2D eigenvalue weighted by Crippen LogP contribution is 2.27. The van der Waals surface area contributed by atoms with E-state index in [4.69, 9.17) is 14.5 Å². The molecule has 0 saturated heterocycles. The summed E-state index contributed by atoms with van der Waals surface area (Å²) in [5, 5.41) is 11.4. The van der Waals surface area contributed by atoms with Gasteiger partial charge in [-0.15, -0.1) is 24.0 Å². The second-order valence-corrected chi connectivity index (χ2v) is 7.58. The Balaban J connectivity index is 0.00000480. The molecule has 8 heteroatoms. The average molecular weight is 543 g/mol. The van der Waals surface area contributed by atoms with E-state index in [9.17, 15) is 0 Å². The van der Waals surface area contributed by atoms with Crippen molar-refractivity contribution in [3.8, 4) is 11.5 Å². The van der Waals surface area contributed by atoms with Gasteiger partial charge in [0.15, 0.2) is 17.5 Å². The van der Waals surface area contributed by atoms with Gasteiger partial charge in [-0.1, -0.05) is 6.07 Å². The minimum absolute atomic E-state index is 0. The van der Waals surface area contributed by atoms with E-state index in [-0.39, 0.29) is 30.0 Å².